The third kappa shape index (κ3) is 4.20. The van der Waals surface area contributed by atoms with Gasteiger partial charge in [0.05, 0.1) is 31.5 Å². The highest BCUT2D eigenvalue weighted by atomic mass is 35.5. The Bertz CT molecular complexity index is 727. The highest BCUT2D eigenvalue weighted by molar-refractivity contribution is 6.30. The fourth-order valence-corrected chi connectivity index (χ4v) is 2.86. The van der Waals surface area contributed by atoms with E-state index in [1.807, 2.05) is 6.07 Å². The fourth-order valence-electron chi connectivity index (χ4n) is 2.69. The lowest BCUT2D eigenvalue weighted by molar-refractivity contribution is 0.0788. The van der Waals surface area contributed by atoms with Crippen molar-refractivity contribution in [3.05, 3.63) is 47.6 Å². The molecule has 0 fully saturated rings. The standard InChI is InChI=1S/C17H19ClN4O2/c1-2-3-14(8-13(18)4-5-19)22-11-21-15-6-12(9-24-10-20)7-16(23)17(15)22/h2-3,8,11-12H,1,4,6-7,9-10,20H2/b13-8+,14-3+/t12-/m1/s1. The molecule has 1 atom stereocenters. The number of rotatable bonds is 7. The molecule has 2 N–H and O–H groups in total. The van der Waals surface area contributed by atoms with Crippen LogP contribution in [0.15, 0.2) is 36.2 Å². The first-order chi connectivity index (χ1) is 11.6. The number of halogens is 1. The number of nitrogens with two attached hydrogens (primary N) is 1. The topological polar surface area (TPSA) is 93.9 Å². The molecule has 1 aromatic rings. The molecule has 0 unspecified atom stereocenters. The maximum atomic E-state index is 12.6. The van der Waals surface area contributed by atoms with Gasteiger partial charge in [0.2, 0.25) is 0 Å². The Hall–Kier alpha value is -2.20. The zero-order chi connectivity index (χ0) is 17.5. The molecular weight excluding hydrogens is 328 g/mol. The Morgan fingerprint density at radius 1 is 1.62 bits per heavy atom. The van der Waals surface area contributed by atoms with Crippen molar-refractivity contribution in [2.75, 3.05) is 13.3 Å². The lowest BCUT2D eigenvalue weighted by atomic mass is 9.89. The van der Waals surface area contributed by atoms with Gasteiger partial charge in [-0.1, -0.05) is 24.3 Å². The SMILES string of the molecule is C=C/C=C(\C=C(\Cl)CC#N)n1cnc2c1C(=O)C[C@H](COCN)C2. The van der Waals surface area contributed by atoms with Crippen LogP contribution in [0.4, 0.5) is 0 Å². The predicted octanol–water partition coefficient (Wildman–Crippen LogP) is 2.62. The molecule has 0 bridgehead atoms. The van der Waals surface area contributed by atoms with Crippen LogP contribution < -0.4 is 5.73 Å². The van der Waals surface area contributed by atoms with E-state index in [0.29, 0.717) is 35.9 Å². The lowest BCUT2D eigenvalue weighted by Crippen LogP contribution is -2.26. The van der Waals surface area contributed by atoms with Gasteiger partial charge in [0.25, 0.3) is 0 Å². The second kappa shape index (κ2) is 8.60. The number of hydrogen-bond donors (Lipinski definition) is 1. The van der Waals surface area contributed by atoms with Gasteiger partial charge in [-0.25, -0.2) is 4.98 Å². The highest BCUT2D eigenvalue weighted by Crippen LogP contribution is 2.28. The molecule has 1 aromatic heterocycles. The van der Waals surface area contributed by atoms with E-state index in [0.717, 1.165) is 5.69 Å². The van der Waals surface area contributed by atoms with Crippen molar-refractivity contribution in [1.29, 1.82) is 5.26 Å². The Labute approximate surface area is 145 Å². The number of carbonyl (C=O) groups excluding carboxylic acids is 1. The zero-order valence-corrected chi connectivity index (χ0v) is 14.0. The van der Waals surface area contributed by atoms with E-state index in [2.05, 4.69) is 11.6 Å². The zero-order valence-electron chi connectivity index (χ0n) is 13.2. The van der Waals surface area contributed by atoms with E-state index in [-0.39, 0.29) is 24.9 Å². The monoisotopic (exact) mass is 346 g/mol. The van der Waals surface area contributed by atoms with Gasteiger partial charge in [-0.3, -0.25) is 9.36 Å². The van der Waals surface area contributed by atoms with Gasteiger partial charge in [0.15, 0.2) is 5.78 Å². The smallest absolute Gasteiger partial charge is 0.181 e. The van der Waals surface area contributed by atoms with Crippen molar-refractivity contribution >= 4 is 23.1 Å². The first kappa shape index (κ1) is 18.1. The van der Waals surface area contributed by atoms with E-state index in [1.54, 1.807) is 29.1 Å². The largest absolute Gasteiger partial charge is 0.366 e. The summed E-state index contributed by atoms with van der Waals surface area (Å²) < 4.78 is 6.91. The second-order valence-corrected chi connectivity index (χ2v) is 5.88. The Morgan fingerprint density at radius 2 is 2.42 bits per heavy atom. The number of nitriles is 1. The fraction of sp³-hybridized carbons (Fsp3) is 0.353. The maximum absolute atomic E-state index is 12.6. The maximum Gasteiger partial charge on any atom is 0.181 e. The molecule has 0 spiro atoms. The van der Waals surface area contributed by atoms with Crippen LogP contribution in [-0.2, 0) is 11.2 Å². The molecule has 6 nitrogen and oxygen atoms in total. The molecular formula is C17H19ClN4O2. The van der Waals surface area contributed by atoms with Gasteiger partial charge in [0, 0.05) is 17.2 Å². The minimum atomic E-state index is -0.000797. The third-order valence-electron chi connectivity index (χ3n) is 3.65. The quantitative estimate of drug-likeness (QED) is 0.605. The Balaban J connectivity index is 2.34. The van der Waals surface area contributed by atoms with Crippen LogP contribution in [0.25, 0.3) is 5.70 Å². The van der Waals surface area contributed by atoms with E-state index in [1.165, 1.54) is 0 Å². The summed E-state index contributed by atoms with van der Waals surface area (Å²) in [6.45, 7) is 4.26. The van der Waals surface area contributed by atoms with Gasteiger partial charge in [-0.15, -0.1) is 0 Å². The summed E-state index contributed by atoms with van der Waals surface area (Å²) in [5, 5.41) is 9.12. The Morgan fingerprint density at radius 3 is 3.08 bits per heavy atom. The minimum Gasteiger partial charge on any atom is -0.366 e. The van der Waals surface area contributed by atoms with Gasteiger partial charge >= 0.3 is 0 Å². The summed E-state index contributed by atoms with van der Waals surface area (Å²) in [5.74, 6) is 0.0839. The molecule has 0 aliphatic heterocycles. The highest BCUT2D eigenvalue weighted by Gasteiger charge is 2.30. The number of imidazole rings is 1. The summed E-state index contributed by atoms with van der Waals surface area (Å²) in [6, 6.07) is 1.99. The summed E-state index contributed by atoms with van der Waals surface area (Å²) in [7, 11) is 0. The van der Waals surface area contributed by atoms with Crippen LogP contribution in [0.5, 0.6) is 0 Å². The molecule has 0 aromatic carbocycles. The molecule has 1 heterocycles. The van der Waals surface area contributed by atoms with Crippen LogP contribution in [0.1, 0.15) is 29.0 Å². The predicted molar refractivity (Wildman–Crippen MR) is 92.0 cm³/mol. The number of hydrogen-bond acceptors (Lipinski definition) is 5. The van der Waals surface area contributed by atoms with Crippen molar-refractivity contribution in [2.45, 2.75) is 19.3 Å². The average molecular weight is 347 g/mol. The average Bonchev–Trinajstić information content (AvgIpc) is 2.97. The van der Waals surface area contributed by atoms with E-state index in [4.69, 9.17) is 27.3 Å². The molecule has 24 heavy (non-hydrogen) atoms. The second-order valence-electron chi connectivity index (χ2n) is 5.40. The number of fused-ring (bicyclic) bond motifs is 1. The molecule has 1 aliphatic carbocycles. The molecule has 0 saturated heterocycles. The number of ether oxygens (including phenoxy) is 1. The molecule has 0 saturated carbocycles. The van der Waals surface area contributed by atoms with Gasteiger partial charge in [0.1, 0.15) is 12.0 Å². The number of ketones is 1. The summed E-state index contributed by atoms with van der Waals surface area (Å²) >= 11 is 6.04. The molecule has 126 valence electrons. The van der Waals surface area contributed by atoms with Crippen LogP contribution in [-0.4, -0.2) is 28.7 Å². The van der Waals surface area contributed by atoms with Gasteiger partial charge in [-0.05, 0) is 24.5 Å². The molecule has 2 rings (SSSR count). The summed E-state index contributed by atoms with van der Waals surface area (Å²) in [5.41, 5.74) is 7.26. The van der Waals surface area contributed by atoms with Crippen LogP contribution in [0.2, 0.25) is 0 Å². The van der Waals surface area contributed by atoms with Crippen molar-refractivity contribution in [2.24, 2.45) is 11.7 Å². The summed E-state index contributed by atoms with van der Waals surface area (Å²) in [6.07, 6.45) is 7.70. The van der Waals surface area contributed by atoms with Gasteiger partial charge < -0.3 is 10.5 Å². The number of carbonyl (C=O) groups is 1. The number of Topliss-reactive ketones (excluding diaryl/α,β-unsaturated/α-hetero) is 1. The van der Waals surface area contributed by atoms with Crippen LogP contribution in [0, 0.1) is 17.2 Å². The third-order valence-corrected chi connectivity index (χ3v) is 3.90. The van der Waals surface area contributed by atoms with E-state index >= 15 is 0 Å². The van der Waals surface area contributed by atoms with Crippen molar-refractivity contribution in [1.82, 2.24) is 9.55 Å². The van der Waals surface area contributed by atoms with Crippen molar-refractivity contribution in [3.63, 3.8) is 0 Å². The number of aromatic nitrogens is 2. The van der Waals surface area contributed by atoms with Gasteiger partial charge in [-0.2, -0.15) is 5.26 Å². The first-order valence-corrected chi connectivity index (χ1v) is 7.91. The number of nitrogens with zero attached hydrogens (tertiary/aromatic N) is 3. The molecule has 1 aliphatic rings. The Kier molecular flexibility index (Phi) is 6.50. The summed E-state index contributed by atoms with van der Waals surface area (Å²) in [4.78, 5) is 16.9. The molecule has 7 heteroatoms. The molecule has 0 amide bonds. The van der Waals surface area contributed by atoms with E-state index < -0.39 is 0 Å². The van der Waals surface area contributed by atoms with Crippen molar-refractivity contribution in [3.8, 4) is 6.07 Å². The van der Waals surface area contributed by atoms with Crippen LogP contribution in [0.3, 0.4) is 0 Å². The first-order valence-electron chi connectivity index (χ1n) is 7.54. The minimum absolute atomic E-state index is 0.000797. The van der Waals surface area contributed by atoms with E-state index in [9.17, 15) is 4.79 Å². The normalized spacial score (nSPS) is 18.2. The van der Waals surface area contributed by atoms with Crippen molar-refractivity contribution < 1.29 is 9.53 Å². The molecule has 0 radical (unpaired) electrons. The lowest BCUT2D eigenvalue weighted by Gasteiger charge is -2.21. The number of allylic oxidation sites excluding steroid dienone is 5. The van der Waals surface area contributed by atoms with Crippen LogP contribution >= 0.6 is 11.6 Å².